The van der Waals surface area contributed by atoms with Crippen LogP contribution in [0, 0.1) is 0 Å². The standard InChI is InChI=1S/C14H20N6O2/c1-11(21)18-3-5-19(6-4-18)13-12-14(16-9-15-13)20(10-17-12)7-8-22-2/h9-10H,3-8H2,1-2H3. The van der Waals surface area contributed by atoms with Crippen LogP contribution in [0.2, 0.25) is 0 Å². The largest absolute Gasteiger partial charge is 0.383 e. The van der Waals surface area contributed by atoms with E-state index >= 15 is 0 Å². The van der Waals surface area contributed by atoms with E-state index < -0.39 is 0 Å². The quantitative estimate of drug-likeness (QED) is 0.800. The Morgan fingerprint density at radius 3 is 2.68 bits per heavy atom. The van der Waals surface area contributed by atoms with Crippen molar-refractivity contribution in [2.75, 3.05) is 44.8 Å². The maximum Gasteiger partial charge on any atom is 0.219 e. The molecule has 0 atom stereocenters. The predicted molar refractivity (Wildman–Crippen MR) is 81.7 cm³/mol. The first-order valence-electron chi connectivity index (χ1n) is 7.36. The second-order valence-corrected chi connectivity index (χ2v) is 5.29. The second kappa shape index (κ2) is 6.27. The van der Waals surface area contributed by atoms with Crippen LogP contribution in [0.15, 0.2) is 12.7 Å². The van der Waals surface area contributed by atoms with Crippen molar-refractivity contribution in [3.05, 3.63) is 12.7 Å². The van der Waals surface area contributed by atoms with E-state index in [-0.39, 0.29) is 5.91 Å². The van der Waals surface area contributed by atoms with Crippen molar-refractivity contribution < 1.29 is 9.53 Å². The van der Waals surface area contributed by atoms with Gasteiger partial charge in [-0.05, 0) is 0 Å². The number of carbonyl (C=O) groups is 1. The number of imidazole rings is 1. The number of piperazine rings is 1. The predicted octanol–water partition coefficient (Wildman–Crippen LogP) is 0.141. The molecule has 1 fully saturated rings. The van der Waals surface area contributed by atoms with Gasteiger partial charge in [-0.2, -0.15) is 0 Å². The normalized spacial score (nSPS) is 15.5. The van der Waals surface area contributed by atoms with Crippen LogP contribution in [-0.2, 0) is 16.1 Å². The van der Waals surface area contributed by atoms with Crippen LogP contribution < -0.4 is 4.90 Å². The SMILES string of the molecule is COCCn1cnc2c(N3CCN(C(C)=O)CC3)ncnc21. The van der Waals surface area contributed by atoms with Gasteiger partial charge in [-0.3, -0.25) is 4.79 Å². The number of hydrogen-bond acceptors (Lipinski definition) is 6. The van der Waals surface area contributed by atoms with Gasteiger partial charge in [-0.1, -0.05) is 0 Å². The summed E-state index contributed by atoms with van der Waals surface area (Å²) in [4.78, 5) is 28.6. The number of carbonyl (C=O) groups excluding carboxylic acids is 1. The zero-order valence-corrected chi connectivity index (χ0v) is 12.9. The Bertz CT molecular complexity index is 662. The van der Waals surface area contributed by atoms with E-state index in [1.54, 1.807) is 26.7 Å². The molecule has 3 heterocycles. The number of fused-ring (bicyclic) bond motifs is 1. The number of ether oxygens (including phenoxy) is 1. The third kappa shape index (κ3) is 2.74. The van der Waals surface area contributed by atoms with Crippen LogP contribution in [-0.4, -0.2) is 70.2 Å². The first kappa shape index (κ1) is 14.7. The average molecular weight is 304 g/mol. The Balaban J connectivity index is 1.83. The molecule has 0 unspecified atom stereocenters. The third-order valence-electron chi connectivity index (χ3n) is 3.94. The van der Waals surface area contributed by atoms with Crippen molar-refractivity contribution in [2.45, 2.75) is 13.5 Å². The van der Waals surface area contributed by atoms with Gasteiger partial charge >= 0.3 is 0 Å². The van der Waals surface area contributed by atoms with E-state index in [1.165, 1.54) is 0 Å². The summed E-state index contributed by atoms with van der Waals surface area (Å²) < 4.78 is 7.07. The van der Waals surface area contributed by atoms with E-state index in [2.05, 4.69) is 19.9 Å². The molecule has 118 valence electrons. The van der Waals surface area contributed by atoms with Crippen molar-refractivity contribution in [1.29, 1.82) is 0 Å². The topological polar surface area (TPSA) is 76.4 Å². The number of anilines is 1. The van der Waals surface area contributed by atoms with Gasteiger partial charge < -0.3 is 19.1 Å². The molecule has 0 bridgehead atoms. The molecule has 2 aromatic heterocycles. The summed E-state index contributed by atoms with van der Waals surface area (Å²) >= 11 is 0. The zero-order valence-electron chi connectivity index (χ0n) is 12.9. The molecule has 3 rings (SSSR count). The molecule has 0 saturated carbocycles. The third-order valence-corrected chi connectivity index (χ3v) is 3.94. The molecule has 2 aromatic rings. The molecule has 0 N–H and O–H groups in total. The van der Waals surface area contributed by atoms with Gasteiger partial charge in [-0.25, -0.2) is 15.0 Å². The fourth-order valence-electron chi connectivity index (χ4n) is 2.69. The summed E-state index contributed by atoms with van der Waals surface area (Å²) in [5, 5.41) is 0. The van der Waals surface area contributed by atoms with Crippen molar-refractivity contribution in [2.24, 2.45) is 0 Å². The summed E-state index contributed by atoms with van der Waals surface area (Å²) in [7, 11) is 1.67. The highest BCUT2D eigenvalue weighted by molar-refractivity contribution is 5.83. The Morgan fingerprint density at radius 1 is 1.23 bits per heavy atom. The molecule has 8 nitrogen and oxygen atoms in total. The Labute approximate surface area is 128 Å². The van der Waals surface area contributed by atoms with Crippen LogP contribution in [0.1, 0.15) is 6.92 Å². The fraction of sp³-hybridized carbons (Fsp3) is 0.571. The summed E-state index contributed by atoms with van der Waals surface area (Å²) in [6.07, 6.45) is 3.34. The van der Waals surface area contributed by atoms with Gasteiger partial charge in [0.05, 0.1) is 12.9 Å². The molecule has 1 saturated heterocycles. The second-order valence-electron chi connectivity index (χ2n) is 5.29. The smallest absolute Gasteiger partial charge is 0.219 e. The number of amides is 1. The maximum atomic E-state index is 11.4. The molecule has 8 heteroatoms. The van der Waals surface area contributed by atoms with Gasteiger partial charge in [0.1, 0.15) is 6.33 Å². The lowest BCUT2D eigenvalue weighted by molar-refractivity contribution is -0.129. The van der Waals surface area contributed by atoms with Gasteiger partial charge in [0.15, 0.2) is 17.0 Å². The highest BCUT2D eigenvalue weighted by Gasteiger charge is 2.22. The van der Waals surface area contributed by atoms with Crippen molar-refractivity contribution in [3.8, 4) is 0 Å². The highest BCUT2D eigenvalue weighted by Crippen LogP contribution is 2.22. The molecular formula is C14H20N6O2. The fourth-order valence-corrected chi connectivity index (χ4v) is 2.69. The van der Waals surface area contributed by atoms with Crippen LogP contribution >= 0.6 is 0 Å². The first-order valence-corrected chi connectivity index (χ1v) is 7.36. The maximum absolute atomic E-state index is 11.4. The molecule has 1 aliphatic rings. The van der Waals surface area contributed by atoms with E-state index in [4.69, 9.17) is 4.74 Å². The molecule has 0 aromatic carbocycles. The average Bonchev–Trinajstić information content (AvgIpc) is 2.96. The lowest BCUT2D eigenvalue weighted by Crippen LogP contribution is -2.48. The molecule has 0 aliphatic carbocycles. The number of methoxy groups -OCH3 is 1. The summed E-state index contributed by atoms with van der Waals surface area (Å²) in [5.41, 5.74) is 1.62. The van der Waals surface area contributed by atoms with Crippen molar-refractivity contribution >= 4 is 22.9 Å². The Morgan fingerprint density at radius 2 is 2.00 bits per heavy atom. The minimum Gasteiger partial charge on any atom is -0.383 e. The molecule has 1 aliphatic heterocycles. The van der Waals surface area contributed by atoms with Crippen LogP contribution in [0.4, 0.5) is 5.82 Å². The zero-order chi connectivity index (χ0) is 15.5. The first-order chi connectivity index (χ1) is 10.7. The molecule has 0 radical (unpaired) electrons. The van der Waals surface area contributed by atoms with Crippen molar-refractivity contribution in [1.82, 2.24) is 24.4 Å². The van der Waals surface area contributed by atoms with Gasteiger partial charge in [-0.15, -0.1) is 0 Å². The monoisotopic (exact) mass is 304 g/mol. The van der Waals surface area contributed by atoms with E-state index in [9.17, 15) is 4.79 Å². The molecule has 1 amide bonds. The Kier molecular flexibility index (Phi) is 4.19. The van der Waals surface area contributed by atoms with Gasteiger partial charge in [0, 0.05) is 46.8 Å². The number of hydrogen-bond donors (Lipinski definition) is 0. The minimum atomic E-state index is 0.122. The molecule has 0 spiro atoms. The van der Waals surface area contributed by atoms with E-state index in [0.717, 1.165) is 30.1 Å². The van der Waals surface area contributed by atoms with Crippen LogP contribution in [0.3, 0.4) is 0 Å². The summed E-state index contributed by atoms with van der Waals surface area (Å²) in [5.74, 6) is 0.959. The number of aromatic nitrogens is 4. The van der Waals surface area contributed by atoms with Gasteiger partial charge in [0.2, 0.25) is 5.91 Å². The number of rotatable bonds is 4. The number of nitrogens with zero attached hydrogens (tertiary/aromatic N) is 6. The van der Waals surface area contributed by atoms with E-state index in [1.807, 2.05) is 9.47 Å². The summed E-state index contributed by atoms with van der Waals surface area (Å²) in [6.45, 7) is 5.88. The Hall–Kier alpha value is -2.22. The lowest BCUT2D eigenvalue weighted by Gasteiger charge is -2.34. The van der Waals surface area contributed by atoms with Crippen molar-refractivity contribution in [3.63, 3.8) is 0 Å². The minimum absolute atomic E-state index is 0.122. The summed E-state index contributed by atoms with van der Waals surface area (Å²) in [6, 6.07) is 0. The van der Waals surface area contributed by atoms with E-state index in [0.29, 0.717) is 26.2 Å². The molecular weight excluding hydrogens is 284 g/mol. The van der Waals surface area contributed by atoms with Crippen LogP contribution in [0.25, 0.3) is 11.2 Å². The molecule has 22 heavy (non-hydrogen) atoms. The highest BCUT2D eigenvalue weighted by atomic mass is 16.5. The lowest BCUT2D eigenvalue weighted by atomic mass is 10.3. The van der Waals surface area contributed by atoms with Gasteiger partial charge in [0.25, 0.3) is 0 Å². The van der Waals surface area contributed by atoms with Crippen LogP contribution in [0.5, 0.6) is 0 Å².